The van der Waals surface area contributed by atoms with Gasteiger partial charge in [0.15, 0.2) is 0 Å². The highest BCUT2D eigenvalue weighted by Gasteiger charge is 2.07. The minimum absolute atomic E-state index is 0.0983. The first kappa shape index (κ1) is 24.9. The molecule has 162 valence electrons. The fraction of sp³-hybridized carbons (Fsp3) is 0.714. The number of aryl methyl sites for hydroxylation is 1. The van der Waals surface area contributed by atoms with E-state index in [4.69, 9.17) is 14.2 Å². The Balaban J connectivity index is 1.99. The van der Waals surface area contributed by atoms with Gasteiger partial charge in [0, 0.05) is 0 Å². The first-order chi connectivity index (χ1) is 13.6. The van der Waals surface area contributed by atoms with Crippen molar-refractivity contribution in [2.75, 3.05) is 45.9 Å². The molecule has 0 aromatic heterocycles. The zero-order valence-electron chi connectivity index (χ0n) is 17.4. The molecule has 0 aliphatic carbocycles. The quantitative estimate of drug-likeness (QED) is 0.266. The van der Waals surface area contributed by atoms with Gasteiger partial charge in [-0.1, -0.05) is 51.2 Å². The summed E-state index contributed by atoms with van der Waals surface area (Å²) in [7, 11) is -2.31. The van der Waals surface area contributed by atoms with Crippen molar-refractivity contribution in [3.05, 3.63) is 29.8 Å². The molecule has 0 aliphatic heterocycles. The number of rotatable bonds is 18. The van der Waals surface area contributed by atoms with Crippen LogP contribution >= 0.6 is 0 Å². The third-order valence-electron chi connectivity index (χ3n) is 4.34. The molecular weight excluding hydrogens is 380 g/mol. The lowest BCUT2D eigenvalue weighted by Gasteiger charge is -2.09. The van der Waals surface area contributed by atoms with Gasteiger partial charge in [-0.25, -0.2) is 0 Å². The van der Waals surface area contributed by atoms with Crippen LogP contribution in [0, 0.1) is 0 Å². The van der Waals surface area contributed by atoms with E-state index in [1.54, 1.807) is 0 Å². The zero-order valence-corrected chi connectivity index (χ0v) is 18.2. The second kappa shape index (κ2) is 15.7. The standard InChI is InChI=1S/C21H36O6S/c1-3-4-5-6-7-8-9-20-10-12-21(13-11-20)27-17-16-25-14-15-26-18-19-28(22,23)24-2/h10-13H,3-9,14-19H2,1-2H3. The number of hydrogen-bond acceptors (Lipinski definition) is 6. The van der Waals surface area contributed by atoms with Crippen LogP contribution in [0.4, 0.5) is 0 Å². The molecule has 0 aliphatic rings. The van der Waals surface area contributed by atoms with Crippen LogP contribution in [0.15, 0.2) is 24.3 Å². The van der Waals surface area contributed by atoms with Crippen LogP contribution in [-0.2, 0) is 30.2 Å². The molecule has 0 spiro atoms. The van der Waals surface area contributed by atoms with Gasteiger partial charge in [0.25, 0.3) is 10.1 Å². The minimum atomic E-state index is -3.45. The molecule has 0 N–H and O–H groups in total. The Morgan fingerprint density at radius 1 is 0.786 bits per heavy atom. The molecule has 0 radical (unpaired) electrons. The summed E-state index contributed by atoms with van der Waals surface area (Å²) in [4.78, 5) is 0. The van der Waals surface area contributed by atoms with Crippen molar-refractivity contribution in [1.82, 2.24) is 0 Å². The summed E-state index contributed by atoms with van der Waals surface area (Å²) in [5.74, 6) is 0.692. The molecule has 28 heavy (non-hydrogen) atoms. The van der Waals surface area contributed by atoms with Crippen molar-refractivity contribution >= 4 is 10.1 Å². The highest BCUT2D eigenvalue weighted by Crippen LogP contribution is 2.15. The van der Waals surface area contributed by atoms with Crippen LogP contribution in [0.2, 0.25) is 0 Å². The van der Waals surface area contributed by atoms with Gasteiger partial charge in [-0.3, -0.25) is 4.18 Å². The van der Waals surface area contributed by atoms with E-state index in [1.165, 1.54) is 44.1 Å². The van der Waals surface area contributed by atoms with Gasteiger partial charge in [0.05, 0.1) is 39.3 Å². The first-order valence-electron chi connectivity index (χ1n) is 10.2. The van der Waals surface area contributed by atoms with Crippen LogP contribution in [0.5, 0.6) is 5.75 Å². The smallest absolute Gasteiger partial charge is 0.269 e. The summed E-state index contributed by atoms with van der Waals surface area (Å²) in [5.41, 5.74) is 1.35. The van der Waals surface area contributed by atoms with Gasteiger partial charge in [0.2, 0.25) is 0 Å². The fourth-order valence-corrected chi connectivity index (χ4v) is 3.14. The van der Waals surface area contributed by atoms with E-state index < -0.39 is 10.1 Å². The highest BCUT2D eigenvalue weighted by atomic mass is 32.2. The first-order valence-corrected chi connectivity index (χ1v) is 11.8. The summed E-state index contributed by atoms with van der Waals surface area (Å²) in [6.45, 7) is 4.00. The Kier molecular flexibility index (Phi) is 14.0. The van der Waals surface area contributed by atoms with Crippen molar-refractivity contribution in [3.8, 4) is 5.75 Å². The molecule has 0 atom stereocenters. The van der Waals surface area contributed by atoms with Gasteiger partial charge in [-0.15, -0.1) is 0 Å². The second-order valence-electron chi connectivity index (χ2n) is 6.66. The summed E-state index contributed by atoms with van der Waals surface area (Å²) in [6, 6.07) is 8.27. The van der Waals surface area contributed by atoms with Crippen molar-refractivity contribution in [2.45, 2.75) is 51.9 Å². The molecule has 0 heterocycles. The van der Waals surface area contributed by atoms with Crippen molar-refractivity contribution in [2.24, 2.45) is 0 Å². The maximum Gasteiger partial charge on any atom is 0.269 e. The molecule has 0 unspecified atom stereocenters. The fourth-order valence-electron chi connectivity index (χ4n) is 2.65. The normalized spacial score (nSPS) is 11.6. The average Bonchev–Trinajstić information content (AvgIpc) is 2.70. The SMILES string of the molecule is CCCCCCCCc1ccc(OCCOCCOCCS(=O)(=O)OC)cc1. The van der Waals surface area contributed by atoms with Crippen LogP contribution < -0.4 is 4.74 Å². The van der Waals surface area contributed by atoms with Gasteiger partial charge in [-0.2, -0.15) is 8.42 Å². The van der Waals surface area contributed by atoms with E-state index in [2.05, 4.69) is 23.2 Å². The molecule has 1 aromatic carbocycles. The summed E-state index contributed by atoms with van der Waals surface area (Å²) >= 11 is 0. The summed E-state index contributed by atoms with van der Waals surface area (Å²) in [5, 5.41) is 0. The summed E-state index contributed by atoms with van der Waals surface area (Å²) < 4.78 is 42.7. The minimum Gasteiger partial charge on any atom is -0.491 e. The zero-order chi connectivity index (χ0) is 20.5. The Bertz CT molecular complexity index is 585. The van der Waals surface area contributed by atoms with Gasteiger partial charge >= 0.3 is 0 Å². The average molecular weight is 417 g/mol. The van der Waals surface area contributed by atoms with Gasteiger partial charge in [0.1, 0.15) is 12.4 Å². The van der Waals surface area contributed by atoms with E-state index in [1.807, 2.05) is 12.1 Å². The van der Waals surface area contributed by atoms with Crippen molar-refractivity contribution in [1.29, 1.82) is 0 Å². The number of hydrogen-bond donors (Lipinski definition) is 0. The predicted molar refractivity (Wildman–Crippen MR) is 111 cm³/mol. The van der Waals surface area contributed by atoms with Crippen molar-refractivity contribution < 1.29 is 26.8 Å². The molecule has 1 aromatic rings. The predicted octanol–water partition coefficient (Wildman–Crippen LogP) is 3.98. The molecule has 0 bridgehead atoms. The topological polar surface area (TPSA) is 71.1 Å². The molecule has 0 saturated heterocycles. The summed E-state index contributed by atoms with van der Waals surface area (Å²) in [6.07, 6.45) is 9.02. The van der Waals surface area contributed by atoms with E-state index >= 15 is 0 Å². The lowest BCUT2D eigenvalue weighted by atomic mass is 10.0. The maximum atomic E-state index is 11.1. The van der Waals surface area contributed by atoms with Crippen LogP contribution in [0.3, 0.4) is 0 Å². The number of unbranched alkanes of at least 4 members (excludes halogenated alkanes) is 5. The maximum absolute atomic E-state index is 11.1. The molecule has 0 saturated carbocycles. The van der Waals surface area contributed by atoms with Crippen LogP contribution in [0.25, 0.3) is 0 Å². The lowest BCUT2D eigenvalue weighted by molar-refractivity contribution is 0.0407. The third kappa shape index (κ3) is 13.1. The molecule has 1 rings (SSSR count). The Morgan fingerprint density at radius 2 is 1.39 bits per heavy atom. The molecular formula is C21H36O6S. The Labute approximate surface area is 170 Å². The number of benzene rings is 1. The van der Waals surface area contributed by atoms with Crippen LogP contribution in [-0.4, -0.2) is 54.3 Å². The molecule has 7 heteroatoms. The monoisotopic (exact) mass is 416 g/mol. The lowest BCUT2D eigenvalue weighted by Crippen LogP contribution is -2.16. The Hall–Kier alpha value is -1.15. The molecule has 0 fully saturated rings. The van der Waals surface area contributed by atoms with E-state index in [0.717, 1.165) is 19.3 Å². The van der Waals surface area contributed by atoms with Gasteiger partial charge < -0.3 is 14.2 Å². The largest absolute Gasteiger partial charge is 0.491 e. The van der Waals surface area contributed by atoms with E-state index in [0.29, 0.717) is 26.4 Å². The van der Waals surface area contributed by atoms with E-state index in [9.17, 15) is 8.42 Å². The second-order valence-corrected chi connectivity index (χ2v) is 8.52. The molecule has 6 nitrogen and oxygen atoms in total. The van der Waals surface area contributed by atoms with Crippen LogP contribution in [0.1, 0.15) is 51.0 Å². The third-order valence-corrected chi connectivity index (χ3v) is 5.52. The van der Waals surface area contributed by atoms with Crippen molar-refractivity contribution in [3.63, 3.8) is 0 Å². The Morgan fingerprint density at radius 3 is 2.07 bits per heavy atom. The van der Waals surface area contributed by atoms with E-state index in [-0.39, 0.29) is 12.4 Å². The molecule has 0 amide bonds. The number of ether oxygens (including phenoxy) is 3. The van der Waals surface area contributed by atoms with Gasteiger partial charge in [-0.05, 0) is 30.5 Å². The highest BCUT2D eigenvalue weighted by molar-refractivity contribution is 7.86.